The van der Waals surface area contributed by atoms with E-state index in [2.05, 4.69) is 15.5 Å². The summed E-state index contributed by atoms with van der Waals surface area (Å²) in [5, 5.41) is 6.76. The summed E-state index contributed by atoms with van der Waals surface area (Å²) in [6, 6.07) is 9.27. The van der Waals surface area contributed by atoms with Crippen molar-refractivity contribution < 1.29 is 18.5 Å². The van der Waals surface area contributed by atoms with Crippen molar-refractivity contribution in [1.82, 2.24) is 15.5 Å². The van der Waals surface area contributed by atoms with Crippen LogP contribution < -0.4 is 10.1 Å². The molecule has 0 atom stereocenters. The van der Waals surface area contributed by atoms with E-state index in [-0.39, 0.29) is 12.3 Å². The molecule has 0 aliphatic heterocycles. The fourth-order valence-corrected chi connectivity index (χ4v) is 2.53. The minimum atomic E-state index is -0.108. The zero-order valence-electron chi connectivity index (χ0n) is 15.0. The summed E-state index contributed by atoms with van der Waals surface area (Å²) in [4.78, 5) is 16.6. The average molecular weight is 355 g/mol. The number of carbonyl (C=O) groups is 1. The number of nitrogens with one attached hydrogen (secondary N) is 1. The van der Waals surface area contributed by atoms with Crippen LogP contribution in [0.5, 0.6) is 5.75 Å². The first-order valence-electron chi connectivity index (χ1n) is 8.35. The van der Waals surface area contributed by atoms with E-state index in [4.69, 9.17) is 13.7 Å². The number of amides is 1. The Bertz CT molecular complexity index is 881. The molecule has 0 radical (unpaired) electrons. The van der Waals surface area contributed by atoms with Crippen LogP contribution in [0.1, 0.15) is 22.9 Å². The van der Waals surface area contributed by atoms with Crippen LogP contribution in [0, 0.1) is 13.8 Å². The summed E-state index contributed by atoms with van der Waals surface area (Å²) >= 11 is 0. The van der Waals surface area contributed by atoms with Gasteiger partial charge in [-0.2, -0.15) is 0 Å². The molecule has 0 spiro atoms. The maximum Gasteiger partial charge on any atom is 0.226 e. The normalized spacial score (nSPS) is 10.7. The van der Waals surface area contributed by atoms with Crippen molar-refractivity contribution in [2.45, 2.75) is 26.7 Å². The van der Waals surface area contributed by atoms with Crippen LogP contribution in [0.2, 0.25) is 0 Å². The van der Waals surface area contributed by atoms with E-state index in [9.17, 15) is 4.79 Å². The van der Waals surface area contributed by atoms with Gasteiger partial charge in [0.05, 0.1) is 24.9 Å². The number of hydrogen-bond donors (Lipinski definition) is 1. The molecule has 136 valence electrons. The molecule has 26 heavy (non-hydrogen) atoms. The van der Waals surface area contributed by atoms with Gasteiger partial charge in [-0.15, -0.1) is 0 Å². The van der Waals surface area contributed by atoms with Crippen molar-refractivity contribution in [2.24, 2.45) is 0 Å². The lowest BCUT2D eigenvalue weighted by Crippen LogP contribution is -2.27. The molecule has 3 aromatic rings. The van der Waals surface area contributed by atoms with E-state index in [0.29, 0.717) is 30.3 Å². The molecule has 0 bridgehead atoms. The van der Waals surface area contributed by atoms with Crippen LogP contribution in [0.25, 0.3) is 11.5 Å². The van der Waals surface area contributed by atoms with Gasteiger partial charge in [0, 0.05) is 24.6 Å². The molecule has 1 aromatic carbocycles. The molecule has 1 N–H and O–H groups in total. The van der Waals surface area contributed by atoms with Crippen LogP contribution in [0.3, 0.4) is 0 Å². The molecule has 0 aliphatic rings. The first-order chi connectivity index (χ1) is 12.5. The Hall–Kier alpha value is -3.09. The van der Waals surface area contributed by atoms with Gasteiger partial charge in [-0.1, -0.05) is 5.16 Å². The lowest BCUT2D eigenvalue weighted by atomic mass is 10.2. The standard InChI is InChI=1S/C19H21N3O4/c1-12-10-15(22-26-12)8-9-20-18(23)11-17-13(2)25-19(21-17)14-4-6-16(24-3)7-5-14/h4-7,10H,8-9,11H2,1-3H3,(H,20,23). The maximum atomic E-state index is 12.1. The predicted molar refractivity (Wildman–Crippen MR) is 94.9 cm³/mol. The van der Waals surface area contributed by atoms with Gasteiger partial charge in [-0.05, 0) is 38.1 Å². The third kappa shape index (κ3) is 4.30. The van der Waals surface area contributed by atoms with E-state index in [1.54, 1.807) is 14.0 Å². The molecule has 0 fully saturated rings. The highest BCUT2D eigenvalue weighted by Gasteiger charge is 2.15. The minimum absolute atomic E-state index is 0.108. The largest absolute Gasteiger partial charge is 0.497 e. The van der Waals surface area contributed by atoms with Crippen molar-refractivity contribution >= 4 is 5.91 Å². The van der Waals surface area contributed by atoms with Gasteiger partial charge in [0.25, 0.3) is 0 Å². The van der Waals surface area contributed by atoms with E-state index in [1.807, 2.05) is 37.3 Å². The van der Waals surface area contributed by atoms with Gasteiger partial charge in [0.1, 0.15) is 17.3 Å². The molecule has 1 amide bonds. The van der Waals surface area contributed by atoms with E-state index >= 15 is 0 Å². The second kappa shape index (κ2) is 7.86. The van der Waals surface area contributed by atoms with Gasteiger partial charge < -0.3 is 19.0 Å². The van der Waals surface area contributed by atoms with E-state index < -0.39 is 0 Å². The van der Waals surface area contributed by atoms with E-state index in [1.165, 1.54) is 0 Å². The van der Waals surface area contributed by atoms with Crippen LogP contribution in [-0.4, -0.2) is 29.7 Å². The zero-order valence-corrected chi connectivity index (χ0v) is 15.0. The van der Waals surface area contributed by atoms with Gasteiger partial charge in [0.2, 0.25) is 11.8 Å². The van der Waals surface area contributed by atoms with Crippen LogP contribution in [0.4, 0.5) is 0 Å². The van der Waals surface area contributed by atoms with Crippen molar-refractivity contribution in [3.05, 3.63) is 53.2 Å². The fraction of sp³-hybridized carbons (Fsp3) is 0.316. The van der Waals surface area contributed by atoms with Gasteiger partial charge >= 0.3 is 0 Å². The Balaban J connectivity index is 1.57. The van der Waals surface area contributed by atoms with Crippen molar-refractivity contribution in [3.63, 3.8) is 0 Å². The Labute approximate surface area is 151 Å². The summed E-state index contributed by atoms with van der Waals surface area (Å²) in [6.45, 7) is 4.14. The van der Waals surface area contributed by atoms with Crippen molar-refractivity contribution in [2.75, 3.05) is 13.7 Å². The summed E-state index contributed by atoms with van der Waals surface area (Å²) in [5.41, 5.74) is 2.29. The topological polar surface area (TPSA) is 90.4 Å². The molecule has 2 aromatic heterocycles. The number of hydrogen-bond acceptors (Lipinski definition) is 6. The highest BCUT2D eigenvalue weighted by molar-refractivity contribution is 5.78. The van der Waals surface area contributed by atoms with Crippen molar-refractivity contribution in [3.8, 4) is 17.2 Å². The molecule has 0 unspecified atom stereocenters. The first-order valence-corrected chi connectivity index (χ1v) is 8.35. The van der Waals surface area contributed by atoms with Crippen molar-refractivity contribution in [1.29, 1.82) is 0 Å². The van der Waals surface area contributed by atoms with Gasteiger partial charge in [-0.25, -0.2) is 4.98 Å². The lowest BCUT2D eigenvalue weighted by molar-refractivity contribution is -0.120. The third-order valence-corrected chi connectivity index (χ3v) is 3.94. The Morgan fingerprint density at radius 2 is 2.00 bits per heavy atom. The number of nitrogens with zero attached hydrogens (tertiary/aromatic N) is 2. The van der Waals surface area contributed by atoms with Crippen LogP contribution in [0.15, 0.2) is 39.3 Å². The summed E-state index contributed by atoms with van der Waals surface area (Å²) < 4.78 is 15.8. The fourth-order valence-electron chi connectivity index (χ4n) is 2.53. The second-order valence-electron chi connectivity index (χ2n) is 5.96. The average Bonchev–Trinajstić information content (AvgIpc) is 3.21. The number of benzene rings is 1. The monoisotopic (exact) mass is 355 g/mol. The number of aromatic nitrogens is 2. The Morgan fingerprint density at radius 1 is 1.23 bits per heavy atom. The van der Waals surface area contributed by atoms with E-state index in [0.717, 1.165) is 22.8 Å². The first kappa shape index (κ1) is 17.7. The van der Waals surface area contributed by atoms with Gasteiger partial charge in [-0.3, -0.25) is 4.79 Å². The highest BCUT2D eigenvalue weighted by atomic mass is 16.5. The molecule has 7 nitrogen and oxygen atoms in total. The molecule has 7 heteroatoms. The Kier molecular flexibility index (Phi) is 5.36. The highest BCUT2D eigenvalue weighted by Crippen LogP contribution is 2.24. The number of oxazole rings is 1. The molecule has 2 heterocycles. The van der Waals surface area contributed by atoms with Crippen LogP contribution in [-0.2, 0) is 17.6 Å². The lowest BCUT2D eigenvalue weighted by Gasteiger charge is -2.02. The predicted octanol–water partition coefficient (Wildman–Crippen LogP) is 2.86. The molecule has 3 rings (SSSR count). The molecule has 0 aliphatic carbocycles. The molecule has 0 saturated carbocycles. The smallest absolute Gasteiger partial charge is 0.226 e. The molecular formula is C19H21N3O4. The second-order valence-corrected chi connectivity index (χ2v) is 5.96. The summed E-state index contributed by atoms with van der Waals surface area (Å²) in [7, 11) is 1.62. The number of carbonyl (C=O) groups excluding carboxylic acids is 1. The molecule has 0 saturated heterocycles. The SMILES string of the molecule is COc1ccc(-c2nc(CC(=O)NCCc3cc(C)on3)c(C)o2)cc1. The quantitative estimate of drug-likeness (QED) is 0.701. The number of rotatable bonds is 7. The van der Waals surface area contributed by atoms with Crippen LogP contribution >= 0.6 is 0 Å². The summed E-state index contributed by atoms with van der Waals surface area (Å²) in [6.07, 6.45) is 0.793. The Morgan fingerprint density at radius 3 is 2.65 bits per heavy atom. The zero-order chi connectivity index (χ0) is 18.5. The maximum absolute atomic E-state index is 12.1. The minimum Gasteiger partial charge on any atom is -0.497 e. The van der Waals surface area contributed by atoms with Gasteiger partial charge in [0.15, 0.2) is 0 Å². The number of methoxy groups -OCH3 is 1. The third-order valence-electron chi connectivity index (χ3n) is 3.94. The number of aryl methyl sites for hydroxylation is 2. The molecular weight excluding hydrogens is 334 g/mol. The number of ether oxygens (including phenoxy) is 1. The summed E-state index contributed by atoms with van der Waals surface area (Å²) in [5.74, 6) is 2.54.